The fourth-order valence-electron chi connectivity index (χ4n) is 13.1. The molecule has 7 rings (SSSR count). The van der Waals surface area contributed by atoms with Crippen LogP contribution in [0.2, 0.25) is 0 Å². The minimum absolute atomic E-state index is 0.566. The summed E-state index contributed by atoms with van der Waals surface area (Å²) in [5.41, 5.74) is 1.13. The molecule has 2 aliphatic heterocycles. The molecular formula is C36H62N2. The molecule has 2 heterocycles. The second-order valence-corrected chi connectivity index (χ2v) is 16.8. The zero-order valence-corrected chi connectivity index (χ0v) is 25.8. The van der Waals surface area contributed by atoms with Gasteiger partial charge in [-0.2, -0.15) is 0 Å². The van der Waals surface area contributed by atoms with Gasteiger partial charge in [0.1, 0.15) is 0 Å². The minimum Gasteiger partial charge on any atom is -0.294 e. The Hall–Kier alpha value is -0.0800. The van der Waals surface area contributed by atoms with Crippen molar-refractivity contribution in [2.24, 2.45) is 34.5 Å². The zero-order valence-electron chi connectivity index (χ0n) is 25.8. The summed E-state index contributed by atoms with van der Waals surface area (Å²) in [6.07, 6.45) is 30.1. The number of fused-ring (bicyclic) bond motifs is 4. The topological polar surface area (TPSA) is 6.48 Å². The number of hydrogen-bond acceptors (Lipinski definition) is 2. The van der Waals surface area contributed by atoms with Crippen LogP contribution in [0.5, 0.6) is 0 Å². The number of rotatable bonds is 2. The number of nitrogens with zero attached hydrogens (tertiary/aromatic N) is 2. The van der Waals surface area contributed by atoms with E-state index in [1.165, 1.54) is 128 Å². The van der Waals surface area contributed by atoms with Gasteiger partial charge in [-0.1, -0.05) is 79.1 Å². The van der Waals surface area contributed by atoms with Crippen LogP contribution in [-0.4, -0.2) is 46.1 Å². The largest absolute Gasteiger partial charge is 0.294 e. The predicted molar refractivity (Wildman–Crippen MR) is 160 cm³/mol. The molecule has 216 valence electrons. The van der Waals surface area contributed by atoms with Crippen molar-refractivity contribution in [1.29, 1.82) is 0 Å². The number of likely N-dealkylation sites (tertiary alicyclic amines) is 2. The second-order valence-electron chi connectivity index (χ2n) is 16.8. The molecule has 0 aromatic rings. The highest BCUT2D eigenvalue weighted by molar-refractivity contribution is 5.10. The molecule has 7 fully saturated rings. The van der Waals surface area contributed by atoms with E-state index in [4.69, 9.17) is 0 Å². The molecular weight excluding hydrogens is 460 g/mol. The van der Waals surface area contributed by atoms with Gasteiger partial charge in [-0.25, -0.2) is 0 Å². The predicted octanol–water partition coefficient (Wildman–Crippen LogP) is 9.22. The normalized spacial score (nSPS) is 49.3. The molecule has 0 radical (unpaired) electrons. The third-order valence-electron chi connectivity index (χ3n) is 14.8. The monoisotopic (exact) mass is 522 g/mol. The first-order valence-corrected chi connectivity index (χ1v) is 17.9. The van der Waals surface area contributed by atoms with Gasteiger partial charge in [0.15, 0.2) is 0 Å². The molecule has 2 nitrogen and oxygen atoms in total. The Morgan fingerprint density at radius 3 is 0.842 bits per heavy atom. The average Bonchev–Trinajstić information content (AvgIpc) is 2.94. The standard InChI is InChI=1S/C36H62N2/c1-35(2)27-13-5-9-17-31(27)37(32-18-10-6-14-28(32)35)25-21-23-26(24-22-25)38-33-19-11-7-15-29(33)36(3,4)30-16-8-12-20-34(30)38/h25-34H,5-24H2,1-4H3. The smallest absolute Gasteiger partial charge is 0.0135 e. The van der Waals surface area contributed by atoms with Gasteiger partial charge in [-0.05, 0) is 112 Å². The molecule has 8 unspecified atom stereocenters. The van der Waals surface area contributed by atoms with Crippen LogP contribution in [0.25, 0.3) is 0 Å². The third-order valence-corrected chi connectivity index (χ3v) is 14.8. The Balaban J connectivity index is 1.12. The molecule has 7 aliphatic rings. The average molecular weight is 523 g/mol. The van der Waals surface area contributed by atoms with Crippen LogP contribution in [0.3, 0.4) is 0 Å². The molecule has 0 aromatic carbocycles. The Kier molecular flexibility index (Phi) is 7.28. The van der Waals surface area contributed by atoms with E-state index in [-0.39, 0.29) is 0 Å². The van der Waals surface area contributed by atoms with E-state index in [1.807, 2.05) is 0 Å². The van der Waals surface area contributed by atoms with Crippen molar-refractivity contribution < 1.29 is 0 Å². The van der Waals surface area contributed by atoms with E-state index < -0.39 is 0 Å². The molecule has 0 amide bonds. The molecule has 38 heavy (non-hydrogen) atoms. The molecule has 0 N–H and O–H groups in total. The Morgan fingerprint density at radius 1 is 0.342 bits per heavy atom. The lowest BCUT2D eigenvalue weighted by molar-refractivity contribution is -0.157. The van der Waals surface area contributed by atoms with Crippen LogP contribution in [0.1, 0.15) is 156 Å². The van der Waals surface area contributed by atoms with Gasteiger partial charge < -0.3 is 0 Å². The van der Waals surface area contributed by atoms with Crippen molar-refractivity contribution in [3.05, 3.63) is 0 Å². The SMILES string of the molecule is CC1(C)C2CCCCC2N(C2CCC(N3C4CCCCC4C(C)(C)C4CCCCC43)CC2)C2CCCCC21. The summed E-state index contributed by atoms with van der Waals surface area (Å²) >= 11 is 0. The van der Waals surface area contributed by atoms with Gasteiger partial charge in [-0.15, -0.1) is 0 Å². The zero-order chi connectivity index (χ0) is 26.1. The molecule has 2 saturated heterocycles. The summed E-state index contributed by atoms with van der Waals surface area (Å²) in [6.45, 7) is 10.8. The highest BCUT2D eigenvalue weighted by Crippen LogP contribution is 2.58. The van der Waals surface area contributed by atoms with Crippen LogP contribution < -0.4 is 0 Å². The van der Waals surface area contributed by atoms with E-state index in [0.29, 0.717) is 10.8 Å². The van der Waals surface area contributed by atoms with Crippen molar-refractivity contribution in [2.75, 3.05) is 0 Å². The van der Waals surface area contributed by atoms with Gasteiger partial charge in [0, 0.05) is 36.3 Å². The third kappa shape index (κ3) is 4.22. The highest BCUT2D eigenvalue weighted by atomic mass is 15.3. The highest BCUT2D eigenvalue weighted by Gasteiger charge is 2.58. The summed E-state index contributed by atoms with van der Waals surface area (Å²) in [5, 5.41) is 0. The van der Waals surface area contributed by atoms with E-state index >= 15 is 0 Å². The molecule has 5 saturated carbocycles. The fraction of sp³-hybridized carbons (Fsp3) is 1.00. The van der Waals surface area contributed by atoms with Crippen LogP contribution >= 0.6 is 0 Å². The van der Waals surface area contributed by atoms with Crippen LogP contribution in [0, 0.1) is 34.5 Å². The van der Waals surface area contributed by atoms with Gasteiger partial charge >= 0.3 is 0 Å². The van der Waals surface area contributed by atoms with Crippen LogP contribution in [-0.2, 0) is 0 Å². The summed E-state index contributed by atoms with van der Waals surface area (Å²) < 4.78 is 0. The van der Waals surface area contributed by atoms with Crippen LogP contribution in [0.4, 0.5) is 0 Å². The van der Waals surface area contributed by atoms with Gasteiger partial charge in [0.2, 0.25) is 0 Å². The minimum atomic E-state index is 0.566. The molecule has 0 aromatic heterocycles. The van der Waals surface area contributed by atoms with Gasteiger partial charge in [0.05, 0.1) is 0 Å². The second kappa shape index (κ2) is 10.3. The van der Waals surface area contributed by atoms with E-state index in [1.54, 1.807) is 0 Å². The summed E-state index contributed by atoms with van der Waals surface area (Å²) in [6, 6.07) is 5.40. The van der Waals surface area contributed by atoms with Crippen molar-refractivity contribution in [3.8, 4) is 0 Å². The summed E-state index contributed by atoms with van der Waals surface area (Å²) in [4.78, 5) is 6.56. The maximum absolute atomic E-state index is 3.28. The lowest BCUT2D eigenvalue weighted by Crippen LogP contribution is -2.68. The summed E-state index contributed by atoms with van der Waals surface area (Å²) in [5.74, 6) is 3.85. The maximum Gasteiger partial charge on any atom is 0.0135 e. The van der Waals surface area contributed by atoms with Gasteiger partial charge in [-0.3, -0.25) is 9.80 Å². The molecule has 0 bridgehead atoms. The van der Waals surface area contributed by atoms with Crippen molar-refractivity contribution in [1.82, 2.24) is 9.80 Å². The Bertz CT molecular complexity index is 703. The lowest BCUT2D eigenvalue weighted by atomic mass is 9.53. The maximum atomic E-state index is 3.28. The molecule has 2 heteroatoms. The van der Waals surface area contributed by atoms with Crippen molar-refractivity contribution in [3.63, 3.8) is 0 Å². The quantitative estimate of drug-likeness (QED) is 0.356. The van der Waals surface area contributed by atoms with Crippen LogP contribution in [0.15, 0.2) is 0 Å². The summed E-state index contributed by atoms with van der Waals surface area (Å²) in [7, 11) is 0. The van der Waals surface area contributed by atoms with E-state index in [9.17, 15) is 0 Å². The first-order valence-electron chi connectivity index (χ1n) is 17.9. The Morgan fingerprint density at radius 2 is 0.579 bits per heavy atom. The van der Waals surface area contributed by atoms with E-state index in [0.717, 1.165) is 59.9 Å². The Labute approximate surface area is 236 Å². The fourth-order valence-corrected chi connectivity index (χ4v) is 13.1. The molecule has 5 aliphatic carbocycles. The molecule has 0 spiro atoms. The van der Waals surface area contributed by atoms with E-state index in [2.05, 4.69) is 37.5 Å². The molecule has 8 atom stereocenters. The first kappa shape index (κ1) is 26.8. The van der Waals surface area contributed by atoms with Crippen molar-refractivity contribution >= 4 is 0 Å². The van der Waals surface area contributed by atoms with Crippen molar-refractivity contribution in [2.45, 2.75) is 192 Å². The number of hydrogen-bond donors (Lipinski definition) is 0. The lowest BCUT2D eigenvalue weighted by Gasteiger charge is -2.65. The number of piperidine rings is 2. The first-order chi connectivity index (χ1) is 18.4. The van der Waals surface area contributed by atoms with Gasteiger partial charge in [0.25, 0.3) is 0 Å².